The molecule has 3 rings (SSSR count). The van der Waals surface area contributed by atoms with E-state index in [0.717, 1.165) is 12.5 Å². The number of hydrogen-bond acceptors (Lipinski definition) is 1. The van der Waals surface area contributed by atoms with Gasteiger partial charge in [0.25, 0.3) is 0 Å². The Bertz CT molecular complexity index is 290. The average molecular weight is 222 g/mol. The van der Waals surface area contributed by atoms with Crippen LogP contribution in [0.1, 0.15) is 65.7 Å². The fraction of sp³-hybridized carbons (Fsp3) is 1.00. The lowest BCUT2D eigenvalue weighted by Gasteiger charge is -2.60. The molecule has 0 bridgehead atoms. The highest BCUT2D eigenvalue weighted by Gasteiger charge is 2.55. The van der Waals surface area contributed by atoms with Gasteiger partial charge in [0, 0.05) is 0 Å². The van der Waals surface area contributed by atoms with Crippen molar-refractivity contribution in [2.75, 3.05) is 6.61 Å². The van der Waals surface area contributed by atoms with E-state index < -0.39 is 0 Å². The van der Waals surface area contributed by atoms with Crippen molar-refractivity contribution in [1.82, 2.24) is 0 Å². The summed E-state index contributed by atoms with van der Waals surface area (Å²) in [6, 6.07) is 0. The van der Waals surface area contributed by atoms with Crippen LogP contribution in [0.5, 0.6) is 0 Å². The van der Waals surface area contributed by atoms with Crippen LogP contribution in [0.3, 0.4) is 0 Å². The summed E-state index contributed by atoms with van der Waals surface area (Å²) in [6.45, 7) is 8.55. The van der Waals surface area contributed by atoms with E-state index in [9.17, 15) is 0 Å². The van der Waals surface area contributed by atoms with Gasteiger partial charge in [0.05, 0.1) is 12.2 Å². The molecule has 1 saturated heterocycles. The van der Waals surface area contributed by atoms with Crippen LogP contribution in [0.2, 0.25) is 0 Å². The Labute approximate surface area is 99.9 Å². The van der Waals surface area contributed by atoms with Gasteiger partial charge in [-0.1, -0.05) is 27.2 Å². The zero-order chi connectivity index (χ0) is 11.4. The molecule has 0 amide bonds. The van der Waals surface area contributed by atoms with Gasteiger partial charge in [0.2, 0.25) is 0 Å². The standard InChI is InChI=1S/C15H26O/c1-13(2)6-4-7-14(3)11-15(9-10-16-15)8-5-12(13)14/h12H,4-11H2,1-3H3/t12-,14+,15+/m1/s1. The minimum absolute atomic E-state index is 0.318. The molecule has 1 heterocycles. The van der Waals surface area contributed by atoms with Crippen molar-refractivity contribution in [2.45, 2.75) is 71.3 Å². The van der Waals surface area contributed by atoms with Gasteiger partial charge in [0.15, 0.2) is 0 Å². The van der Waals surface area contributed by atoms with E-state index in [4.69, 9.17) is 4.74 Å². The van der Waals surface area contributed by atoms with E-state index in [-0.39, 0.29) is 0 Å². The van der Waals surface area contributed by atoms with Crippen molar-refractivity contribution in [3.8, 4) is 0 Å². The molecule has 3 aliphatic rings. The van der Waals surface area contributed by atoms with Gasteiger partial charge in [-0.25, -0.2) is 0 Å². The molecule has 1 spiro atoms. The zero-order valence-corrected chi connectivity index (χ0v) is 11.1. The van der Waals surface area contributed by atoms with Gasteiger partial charge >= 0.3 is 0 Å². The van der Waals surface area contributed by atoms with Gasteiger partial charge in [-0.2, -0.15) is 0 Å². The van der Waals surface area contributed by atoms with E-state index >= 15 is 0 Å². The Morgan fingerprint density at radius 2 is 1.75 bits per heavy atom. The lowest BCUT2D eigenvalue weighted by atomic mass is 9.49. The van der Waals surface area contributed by atoms with Crippen molar-refractivity contribution in [1.29, 1.82) is 0 Å². The third kappa shape index (κ3) is 1.47. The molecule has 3 fully saturated rings. The largest absolute Gasteiger partial charge is 0.375 e. The Kier molecular flexibility index (Phi) is 2.25. The molecule has 1 aliphatic heterocycles. The minimum Gasteiger partial charge on any atom is -0.375 e. The van der Waals surface area contributed by atoms with E-state index in [1.165, 1.54) is 44.9 Å². The topological polar surface area (TPSA) is 9.23 Å². The first-order chi connectivity index (χ1) is 7.46. The summed E-state index contributed by atoms with van der Waals surface area (Å²) in [6.07, 6.45) is 9.70. The summed E-state index contributed by atoms with van der Waals surface area (Å²) >= 11 is 0. The smallest absolute Gasteiger partial charge is 0.0709 e. The molecule has 92 valence electrons. The predicted molar refractivity (Wildman–Crippen MR) is 66.4 cm³/mol. The predicted octanol–water partition coefficient (Wildman–Crippen LogP) is 4.16. The Hall–Kier alpha value is -0.0400. The molecule has 0 aromatic heterocycles. The SMILES string of the molecule is CC1(C)CCC[C@@]2(C)C[C@@]3(CCO3)CC[C@H]12. The van der Waals surface area contributed by atoms with Crippen LogP contribution in [-0.2, 0) is 4.74 Å². The quantitative estimate of drug-likeness (QED) is 0.598. The van der Waals surface area contributed by atoms with E-state index in [2.05, 4.69) is 20.8 Å². The first-order valence-corrected chi connectivity index (χ1v) is 7.10. The molecule has 0 radical (unpaired) electrons. The summed E-state index contributed by atoms with van der Waals surface area (Å²) in [5.74, 6) is 0.934. The molecule has 0 N–H and O–H groups in total. The van der Waals surface area contributed by atoms with Crippen molar-refractivity contribution in [2.24, 2.45) is 16.7 Å². The van der Waals surface area contributed by atoms with Gasteiger partial charge in [0.1, 0.15) is 0 Å². The highest BCUT2D eigenvalue weighted by atomic mass is 16.5. The third-order valence-corrected chi connectivity index (χ3v) is 5.93. The monoisotopic (exact) mass is 222 g/mol. The fourth-order valence-corrected chi connectivity index (χ4v) is 5.15. The van der Waals surface area contributed by atoms with Crippen molar-refractivity contribution in [3.63, 3.8) is 0 Å². The van der Waals surface area contributed by atoms with E-state index in [1.807, 2.05) is 0 Å². The second-order valence-electron chi connectivity index (χ2n) is 7.55. The molecule has 0 aromatic rings. The normalized spacial score (nSPS) is 50.8. The average Bonchev–Trinajstić information content (AvgIpc) is 2.13. The molecular weight excluding hydrogens is 196 g/mol. The van der Waals surface area contributed by atoms with Gasteiger partial charge in [-0.15, -0.1) is 0 Å². The lowest BCUT2D eigenvalue weighted by molar-refractivity contribution is -0.213. The maximum Gasteiger partial charge on any atom is 0.0709 e. The highest BCUT2D eigenvalue weighted by Crippen LogP contribution is 2.61. The van der Waals surface area contributed by atoms with Crippen LogP contribution in [-0.4, -0.2) is 12.2 Å². The molecule has 0 aromatic carbocycles. The van der Waals surface area contributed by atoms with Crippen molar-refractivity contribution >= 4 is 0 Å². The van der Waals surface area contributed by atoms with Crippen molar-refractivity contribution < 1.29 is 4.74 Å². The first kappa shape index (κ1) is 11.1. The number of ether oxygens (including phenoxy) is 1. The van der Waals surface area contributed by atoms with Crippen LogP contribution in [0.4, 0.5) is 0 Å². The Balaban J connectivity index is 1.85. The molecule has 2 saturated carbocycles. The summed E-state index contributed by atoms with van der Waals surface area (Å²) in [4.78, 5) is 0. The molecule has 0 unspecified atom stereocenters. The molecule has 1 heteroatoms. The lowest BCUT2D eigenvalue weighted by Crippen LogP contribution is -2.56. The summed E-state index contributed by atoms with van der Waals surface area (Å²) in [7, 11) is 0. The molecule has 3 atom stereocenters. The van der Waals surface area contributed by atoms with Crippen LogP contribution >= 0.6 is 0 Å². The van der Waals surface area contributed by atoms with Crippen LogP contribution in [0, 0.1) is 16.7 Å². The first-order valence-electron chi connectivity index (χ1n) is 7.10. The Morgan fingerprint density at radius 1 is 1.00 bits per heavy atom. The molecular formula is C15H26O. The third-order valence-electron chi connectivity index (χ3n) is 5.93. The number of fused-ring (bicyclic) bond motifs is 1. The van der Waals surface area contributed by atoms with Crippen LogP contribution in [0.15, 0.2) is 0 Å². The summed E-state index contributed by atoms with van der Waals surface area (Å²) in [5.41, 5.74) is 1.46. The number of hydrogen-bond donors (Lipinski definition) is 0. The van der Waals surface area contributed by atoms with Crippen molar-refractivity contribution in [3.05, 3.63) is 0 Å². The van der Waals surface area contributed by atoms with Crippen LogP contribution in [0.25, 0.3) is 0 Å². The maximum atomic E-state index is 5.94. The van der Waals surface area contributed by atoms with Crippen LogP contribution < -0.4 is 0 Å². The Morgan fingerprint density at radius 3 is 2.38 bits per heavy atom. The van der Waals surface area contributed by atoms with E-state index in [0.29, 0.717) is 16.4 Å². The molecule has 2 aliphatic carbocycles. The minimum atomic E-state index is 0.318. The summed E-state index contributed by atoms with van der Waals surface area (Å²) in [5, 5.41) is 0. The zero-order valence-electron chi connectivity index (χ0n) is 11.1. The van der Waals surface area contributed by atoms with Gasteiger partial charge in [-0.05, 0) is 55.3 Å². The highest BCUT2D eigenvalue weighted by molar-refractivity contribution is 5.06. The fourth-order valence-electron chi connectivity index (χ4n) is 5.15. The summed E-state index contributed by atoms with van der Waals surface area (Å²) < 4.78 is 5.94. The second-order valence-corrected chi connectivity index (χ2v) is 7.55. The maximum absolute atomic E-state index is 5.94. The van der Waals surface area contributed by atoms with E-state index in [1.54, 1.807) is 0 Å². The molecule has 1 nitrogen and oxygen atoms in total. The van der Waals surface area contributed by atoms with Gasteiger partial charge in [-0.3, -0.25) is 0 Å². The number of rotatable bonds is 0. The molecule has 16 heavy (non-hydrogen) atoms. The second kappa shape index (κ2) is 3.25. The van der Waals surface area contributed by atoms with Gasteiger partial charge < -0.3 is 4.74 Å².